The number of nitrogens with one attached hydrogen (secondary N) is 2. The third kappa shape index (κ3) is 2.53. The third-order valence-electron chi connectivity index (χ3n) is 2.94. The van der Waals surface area contributed by atoms with Crippen molar-refractivity contribution in [2.75, 3.05) is 11.1 Å². The van der Waals surface area contributed by atoms with Crippen molar-refractivity contribution in [3.8, 4) is 0 Å². The molecule has 5 nitrogen and oxygen atoms in total. The van der Waals surface area contributed by atoms with E-state index >= 15 is 0 Å². The number of nitrogens with two attached hydrogens (primary N) is 1. The van der Waals surface area contributed by atoms with E-state index in [1.54, 1.807) is 12.1 Å². The molecule has 0 unspecified atom stereocenters. The Balaban J connectivity index is 2.10. The molecule has 0 amide bonds. The maximum absolute atomic E-state index is 13.7. The standard InChI is InChI=1S/C14H10ClFN4O/c15-9-2-1-3-10(16)12(9)19-14-18-11-5-4-7(17)6-8(11)13(21)20-14/h1-6H,17H2,(H2,18,19,20,21). The number of hydrogen-bond donors (Lipinski definition) is 3. The summed E-state index contributed by atoms with van der Waals surface area (Å²) in [5.41, 5.74) is 6.22. The van der Waals surface area contributed by atoms with Gasteiger partial charge in [0.2, 0.25) is 5.95 Å². The minimum atomic E-state index is -0.539. The van der Waals surface area contributed by atoms with Crippen LogP contribution in [0.25, 0.3) is 10.9 Å². The van der Waals surface area contributed by atoms with E-state index in [2.05, 4.69) is 15.3 Å². The van der Waals surface area contributed by atoms with Gasteiger partial charge < -0.3 is 11.1 Å². The zero-order valence-corrected chi connectivity index (χ0v) is 11.4. The van der Waals surface area contributed by atoms with E-state index in [0.717, 1.165) is 0 Å². The zero-order valence-electron chi connectivity index (χ0n) is 10.7. The third-order valence-corrected chi connectivity index (χ3v) is 3.25. The molecule has 0 spiro atoms. The van der Waals surface area contributed by atoms with Crippen LogP contribution >= 0.6 is 11.6 Å². The molecule has 1 aromatic heterocycles. The van der Waals surface area contributed by atoms with Crippen LogP contribution in [0.2, 0.25) is 5.02 Å². The number of nitrogens with zero attached hydrogens (tertiary/aromatic N) is 1. The molecule has 0 saturated heterocycles. The Hall–Kier alpha value is -2.60. The van der Waals surface area contributed by atoms with Crippen LogP contribution in [0.1, 0.15) is 0 Å². The van der Waals surface area contributed by atoms with Crippen LogP contribution in [0.15, 0.2) is 41.2 Å². The van der Waals surface area contributed by atoms with E-state index in [1.807, 2.05) is 0 Å². The fourth-order valence-corrected chi connectivity index (χ4v) is 2.16. The molecular weight excluding hydrogens is 295 g/mol. The van der Waals surface area contributed by atoms with Crippen LogP contribution in [0.4, 0.5) is 21.7 Å². The lowest BCUT2D eigenvalue weighted by atomic mass is 10.2. The van der Waals surface area contributed by atoms with Gasteiger partial charge in [-0.3, -0.25) is 9.78 Å². The van der Waals surface area contributed by atoms with Crippen LogP contribution < -0.4 is 16.6 Å². The molecule has 21 heavy (non-hydrogen) atoms. The topological polar surface area (TPSA) is 83.8 Å². The molecule has 106 valence electrons. The summed E-state index contributed by atoms with van der Waals surface area (Å²) in [6.07, 6.45) is 0. The number of halogens is 2. The van der Waals surface area contributed by atoms with Gasteiger partial charge in [-0.2, -0.15) is 0 Å². The minimum absolute atomic E-state index is 0.0529. The number of H-pyrrole nitrogens is 1. The Morgan fingerprint density at radius 1 is 1.29 bits per heavy atom. The molecule has 1 heterocycles. The number of anilines is 3. The highest BCUT2D eigenvalue weighted by atomic mass is 35.5. The molecule has 3 rings (SSSR count). The van der Waals surface area contributed by atoms with Crippen molar-refractivity contribution in [1.82, 2.24) is 9.97 Å². The van der Waals surface area contributed by atoms with Gasteiger partial charge in [-0.15, -0.1) is 0 Å². The highest BCUT2D eigenvalue weighted by Gasteiger charge is 2.10. The van der Waals surface area contributed by atoms with Gasteiger partial charge in [0.15, 0.2) is 0 Å². The molecular formula is C14H10ClFN4O. The lowest BCUT2D eigenvalue weighted by Crippen LogP contribution is -2.12. The van der Waals surface area contributed by atoms with Gasteiger partial charge in [0.1, 0.15) is 5.82 Å². The lowest BCUT2D eigenvalue weighted by Gasteiger charge is -2.09. The van der Waals surface area contributed by atoms with Crippen molar-refractivity contribution in [3.63, 3.8) is 0 Å². The fraction of sp³-hybridized carbons (Fsp3) is 0. The predicted octanol–water partition coefficient (Wildman–Crippen LogP) is 3.04. The zero-order chi connectivity index (χ0) is 15.0. The van der Waals surface area contributed by atoms with Crippen molar-refractivity contribution in [2.24, 2.45) is 0 Å². The van der Waals surface area contributed by atoms with E-state index in [0.29, 0.717) is 16.6 Å². The van der Waals surface area contributed by atoms with Gasteiger partial charge in [-0.05, 0) is 30.3 Å². The maximum atomic E-state index is 13.7. The van der Waals surface area contributed by atoms with E-state index in [4.69, 9.17) is 17.3 Å². The highest BCUT2D eigenvalue weighted by molar-refractivity contribution is 6.33. The monoisotopic (exact) mass is 304 g/mol. The quantitative estimate of drug-likeness (QED) is 0.635. The predicted molar refractivity (Wildman–Crippen MR) is 81.5 cm³/mol. The summed E-state index contributed by atoms with van der Waals surface area (Å²) in [6, 6.07) is 9.06. The molecule has 0 fully saturated rings. The fourth-order valence-electron chi connectivity index (χ4n) is 1.95. The van der Waals surface area contributed by atoms with E-state index < -0.39 is 5.82 Å². The molecule has 3 aromatic rings. The summed E-state index contributed by atoms with van der Waals surface area (Å²) in [5, 5.41) is 3.23. The number of rotatable bonds is 2. The van der Waals surface area contributed by atoms with Gasteiger partial charge in [0.25, 0.3) is 5.56 Å². The molecule has 4 N–H and O–H groups in total. The van der Waals surface area contributed by atoms with Crippen molar-refractivity contribution >= 4 is 39.8 Å². The summed E-state index contributed by atoms with van der Waals surface area (Å²) >= 11 is 5.92. The number of fused-ring (bicyclic) bond motifs is 1. The van der Waals surface area contributed by atoms with Crippen molar-refractivity contribution in [2.45, 2.75) is 0 Å². The van der Waals surface area contributed by atoms with Crippen LogP contribution in [0.5, 0.6) is 0 Å². The highest BCUT2D eigenvalue weighted by Crippen LogP contribution is 2.27. The van der Waals surface area contributed by atoms with Crippen molar-refractivity contribution < 1.29 is 4.39 Å². The Kier molecular flexibility index (Phi) is 3.23. The molecule has 0 radical (unpaired) electrons. The van der Waals surface area contributed by atoms with Gasteiger partial charge >= 0.3 is 0 Å². The molecule has 0 aliphatic carbocycles. The van der Waals surface area contributed by atoms with Gasteiger partial charge in [0.05, 0.1) is 21.6 Å². The summed E-state index contributed by atoms with van der Waals surface area (Å²) in [7, 11) is 0. The molecule has 2 aromatic carbocycles. The minimum Gasteiger partial charge on any atom is -0.399 e. The van der Waals surface area contributed by atoms with Crippen molar-refractivity contribution in [3.05, 3.63) is 57.6 Å². The molecule has 7 heteroatoms. The summed E-state index contributed by atoms with van der Waals surface area (Å²) in [6.45, 7) is 0. The Labute approximate surface area is 123 Å². The average molecular weight is 305 g/mol. The van der Waals surface area contributed by atoms with Crippen LogP contribution in [0.3, 0.4) is 0 Å². The lowest BCUT2D eigenvalue weighted by molar-refractivity contribution is 0.631. The van der Waals surface area contributed by atoms with Gasteiger partial charge in [0, 0.05) is 5.69 Å². The number of para-hydroxylation sites is 1. The second-order valence-corrected chi connectivity index (χ2v) is 4.82. The summed E-state index contributed by atoms with van der Waals surface area (Å²) < 4.78 is 13.7. The normalized spacial score (nSPS) is 10.8. The smallest absolute Gasteiger partial charge is 0.260 e. The second kappa shape index (κ2) is 5.06. The maximum Gasteiger partial charge on any atom is 0.260 e. The average Bonchev–Trinajstić information content (AvgIpc) is 2.44. The van der Waals surface area contributed by atoms with Crippen molar-refractivity contribution in [1.29, 1.82) is 0 Å². The molecule has 0 atom stereocenters. The Morgan fingerprint density at radius 2 is 2.10 bits per heavy atom. The van der Waals surface area contributed by atoms with E-state index in [9.17, 15) is 9.18 Å². The van der Waals surface area contributed by atoms with Crippen LogP contribution in [-0.2, 0) is 0 Å². The number of aromatic amines is 1. The van der Waals surface area contributed by atoms with Gasteiger partial charge in [-0.1, -0.05) is 17.7 Å². The summed E-state index contributed by atoms with van der Waals surface area (Å²) in [4.78, 5) is 18.7. The first-order chi connectivity index (χ1) is 10.0. The first kappa shape index (κ1) is 13.4. The number of hydrogen-bond acceptors (Lipinski definition) is 4. The van der Waals surface area contributed by atoms with Gasteiger partial charge in [-0.25, -0.2) is 9.37 Å². The molecule has 0 aliphatic heterocycles. The molecule has 0 aliphatic rings. The molecule has 0 saturated carbocycles. The Morgan fingerprint density at radius 3 is 2.86 bits per heavy atom. The molecule has 0 bridgehead atoms. The second-order valence-electron chi connectivity index (χ2n) is 4.41. The largest absolute Gasteiger partial charge is 0.399 e. The van der Waals surface area contributed by atoms with Crippen LogP contribution in [0, 0.1) is 5.82 Å². The number of benzene rings is 2. The van der Waals surface area contributed by atoms with E-state index in [1.165, 1.54) is 24.3 Å². The van der Waals surface area contributed by atoms with Crippen LogP contribution in [-0.4, -0.2) is 9.97 Å². The van der Waals surface area contributed by atoms with E-state index in [-0.39, 0.29) is 22.2 Å². The number of aromatic nitrogens is 2. The number of nitrogen functional groups attached to an aromatic ring is 1. The summed E-state index contributed by atoms with van der Waals surface area (Å²) in [5.74, 6) is -0.438. The Bertz CT molecular complexity index is 874. The SMILES string of the molecule is Nc1ccc2nc(Nc3c(F)cccc3Cl)[nH]c(=O)c2c1. The first-order valence-electron chi connectivity index (χ1n) is 6.05. The first-order valence-corrected chi connectivity index (χ1v) is 6.43.